The molecule has 1 amide bonds. The molecule has 0 unspecified atom stereocenters. The number of para-hydroxylation sites is 1. The van der Waals surface area contributed by atoms with Crippen molar-refractivity contribution in [3.05, 3.63) is 47.5 Å². The summed E-state index contributed by atoms with van der Waals surface area (Å²) in [5.74, 6) is -0.419. The van der Waals surface area contributed by atoms with Gasteiger partial charge in [-0.15, -0.1) is 0 Å². The van der Waals surface area contributed by atoms with E-state index in [1.165, 1.54) is 6.07 Å². The smallest absolute Gasteiger partial charge is 0.254 e. The Morgan fingerprint density at radius 3 is 2.77 bits per heavy atom. The van der Waals surface area contributed by atoms with Gasteiger partial charge in [-0.2, -0.15) is 5.10 Å². The van der Waals surface area contributed by atoms with E-state index in [2.05, 4.69) is 10.4 Å². The molecule has 118 valence electrons. The van der Waals surface area contributed by atoms with Crippen LogP contribution in [0.25, 0.3) is 0 Å². The lowest BCUT2D eigenvalue weighted by molar-refractivity contribution is 0.0924. The monoisotopic (exact) mass is 305 g/mol. The molecule has 5 nitrogen and oxygen atoms in total. The van der Waals surface area contributed by atoms with Crippen LogP contribution in [0.4, 0.5) is 4.39 Å². The number of rotatable bonds is 6. The van der Waals surface area contributed by atoms with Crippen molar-refractivity contribution < 1.29 is 13.9 Å². The van der Waals surface area contributed by atoms with Crippen molar-refractivity contribution in [2.75, 3.05) is 6.54 Å². The predicted molar refractivity (Wildman–Crippen MR) is 81.4 cm³/mol. The molecule has 1 atom stereocenters. The van der Waals surface area contributed by atoms with Gasteiger partial charge in [-0.05, 0) is 25.5 Å². The SMILES string of the molecule is CC[C@@H](CNC(=O)c1cn(C)nc1C)Oc1ccccc1F. The largest absolute Gasteiger partial charge is 0.486 e. The summed E-state index contributed by atoms with van der Waals surface area (Å²) < 4.78 is 20.8. The highest BCUT2D eigenvalue weighted by atomic mass is 19.1. The van der Waals surface area contributed by atoms with Crippen molar-refractivity contribution in [3.63, 3.8) is 0 Å². The summed E-state index contributed by atoms with van der Waals surface area (Å²) in [5, 5.41) is 6.94. The highest BCUT2D eigenvalue weighted by Gasteiger charge is 2.16. The van der Waals surface area contributed by atoms with Crippen molar-refractivity contribution in [1.82, 2.24) is 15.1 Å². The number of amides is 1. The van der Waals surface area contributed by atoms with Crippen LogP contribution in [0.15, 0.2) is 30.5 Å². The predicted octanol–water partition coefficient (Wildman–Crippen LogP) is 2.46. The summed E-state index contributed by atoms with van der Waals surface area (Å²) in [6.45, 7) is 4.01. The number of ether oxygens (including phenoxy) is 1. The van der Waals surface area contributed by atoms with Gasteiger partial charge in [-0.1, -0.05) is 19.1 Å². The van der Waals surface area contributed by atoms with Gasteiger partial charge in [-0.3, -0.25) is 9.48 Å². The summed E-state index contributed by atoms with van der Waals surface area (Å²) in [5.41, 5.74) is 1.20. The first-order valence-electron chi connectivity index (χ1n) is 7.21. The van der Waals surface area contributed by atoms with Gasteiger partial charge in [0.15, 0.2) is 11.6 Å². The summed E-state index contributed by atoms with van der Waals surface area (Å²) in [7, 11) is 1.76. The van der Waals surface area contributed by atoms with E-state index in [1.54, 1.807) is 43.0 Å². The minimum atomic E-state index is -0.407. The molecule has 0 aliphatic carbocycles. The van der Waals surface area contributed by atoms with Gasteiger partial charge in [0.1, 0.15) is 6.10 Å². The molecule has 6 heteroatoms. The fourth-order valence-electron chi connectivity index (χ4n) is 2.11. The average molecular weight is 305 g/mol. The van der Waals surface area contributed by atoms with E-state index in [1.807, 2.05) is 6.92 Å². The first-order valence-corrected chi connectivity index (χ1v) is 7.21. The maximum atomic E-state index is 13.6. The highest BCUT2D eigenvalue weighted by molar-refractivity contribution is 5.95. The normalized spacial score (nSPS) is 12.0. The summed E-state index contributed by atoms with van der Waals surface area (Å²) in [6.07, 6.45) is 2.03. The van der Waals surface area contributed by atoms with Crippen molar-refractivity contribution in [3.8, 4) is 5.75 Å². The van der Waals surface area contributed by atoms with Crippen molar-refractivity contribution >= 4 is 5.91 Å². The van der Waals surface area contributed by atoms with Crippen molar-refractivity contribution in [2.45, 2.75) is 26.4 Å². The van der Waals surface area contributed by atoms with Crippen LogP contribution in [0.3, 0.4) is 0 Å². The molecule has 1 aromatic heterocycles. The van der Waals surface area contributed by atoms with Crippen LogP contribution in [0.1, 0.15) is 29.4 Å². The Bertz CT molecular complexity index is 655. The molecule has 0 saturated heterocycles. The molecule has 0 spiro atoms. The number of carbonyl (C=O) groups is 1. The zero-order chi connectivity index (χ0) is 16.1. The highest BCUT2D eigenvalue weighted by Crippen LogP contribution is 2.17. The number of nitrogens with zero attached hydrogens (tertiary/aromatic N) is 2. The van der Waals surface area contributed by atoms with Gasteiger partial charge in [0.05, 0.1) is 17.8 Å². The molecule has 22 heavy (non-hydrogen) atoms. The summed E-state index contributed by atoms with van der Waals surface area (Å²) in [6, 6.07) is 6.24. The van der Waals surface area contributed by atoms with E-state index in [0.29, 0.717) is 24.2 Å². The van der Waals surface area contributed by atoms with E-state index < -0.39 is 5.82 Å². The van der Waals surface area contributed by atoms with Crippen LogP contribution in [-0.4, -0.2) is 28.3 Å². The standard InChI is InChI=1S/C16H20FN3O2/c1-4-12(22-15-8-6-5-7-14(15)17)9-18-16(21)13-10-20(3)19-11(13)2/h5-8,10,12H,4,9H2,1-3H3,(H,18,21)/t12-/m0/s1. The molecule has 2 aromatic rings. The Morgan fingerprint density at radius 2 is 2.18 bits per heavy atom. The molecule has 1 N–H and O–H groups in total. The van der Waals surface area contributed by atoms with Gasteiger partial charge in [0.2, 0.25) is 0 Å². The van der Waals surface area contributed by atoms with E-state index in [-0.39, 0.29) is 17.8 Å². The molecule has 0 fully saturated rings. The lowest BCUT2D eigenvalue weighted by Crippen LogP contribution is -2.35. The lowest BCUT2D eigenvalue weighted by atomic mass is 10.2. The van der Waals surface area contributed by atoms with Gasteiger partial charge in [0.25, 0.3) is 5.91 Å². The number of aromatic nitrogens is 2. The van der Waals surface area contributed by atoms with Crippen LogP contribution >= 0.6 is 0 Å². The van der Waals surface area contributed by atoms with Gasteiger partial charge >= 0.3 is 0 Å². The second-order valence-corrected chi connectivity index (χ2v) is 5.09. The molecule has 0 radical (unpaired) electrons. The molecular weight excluding hydrogens is 285 g/mol. The molecule has 1 heterocycles. The van der Waals surface area contributed by atoms with Gasteiger partial charge in [0, 0.05) is 13.2 Å². The zero-order valence-electron chi connectivity index (χ0n) is 13.0. The third kappa shape index (κ3) is 3.84. The van der Waals surface area contributed by atoms with Crippen LogP contribution in [0.2, 0.25) is 0 Å². The quantitative estimate of drug-likeness (QED) is 0.892. The third-order valence-electron chi connectivity index (χ3n) is 3.33. The number of hydrogen-bond acceptors (Lipinski definition) is 3. The number of carbonyl (C=O) groups excluding carboxylic acids is 1. The van der Waals surface area contributed by atoms with Gasteiger partial charge in [-0.25, -0.2) is 4.39 Å². The van der Waals surface area contributed by atoms with E-state index in [9.17, 15) is 9.18 Å². The average Bonchev–Trinajstić information content (AvgIpc) is 2.83. The number of nitrogens with one attached hydrogen (secondary N) is 1. The van der Waals surface area contributed by atoms with Crippen LogP contribution in [-0.2, 0) is 7.05 Å². The first kappa shape index (κ1) is 16.0. The minimum Gasteiger partial charge on any atom is -0.486 e. The molecule has 1 aromatic carbocycles. The second kappa shape index (κ2) is 7.06. The second-order valence-electron chi connectivity index (χ2n) is 5.09. The van der Waals surface area contributed by atoms with Gasteiger partial charge < -0.3 is 10.1 Å². The maximum absolute atomic E-state index is 13.6. The summed E-state index contributed by atoms with van der Waals surface area (Å²) >= 11 is 0. The van der Waals surface area contributed by atoms with Crippen LogP contribution < -0.4 is 10.1 Å². The number of hydrogen-bond donors (Lipinski definition) is 1. The first-order chi connectivity index (χ1) is 10.5. The van der Waals surface area contributed by atoms with Crippen LogP contribution in [0, 0.1) is 12.7 Å². The fourth-order valence-corrected chi connectivity index (χ4v) is 2.11. The summed E-state index contributed by atoms with van der Waals surface area (Å²) in [4.78, 5) is 12.1. The van der Waals surface area contributed by atoms with Crippen molar-refractivity contribution in [2.24, 2.45) is 7.05 Å². The molecule has 0 aliphatic rings. The Hall–Kier alpha value is -2.37. The topological polar surface area (TPSA) is 56.2 Å². The van der Waals surface area contributed by atoms with Crippen molar-refractivity contribution in [1.29, 1.82) is 0 Å². The van der Waals surface area contributed by atoms with Crippen LogP contribution in [0.5, 0.6) is 5.75 Å². The molecule has 0 bridgehead atoms. The Kier molecular flexibility index (Phi) is 5.14. The number of benzene rings is 1. The Labute approximate surface area is 129 Å². The molecule has 0 saturated carbocycles. The number of aryl methyl sites for hydroxylation is 2. The Morgan fingerprint density at radius 1 is 1.45 bits per heavy atom. The zero-order valence-corrected chi connectivity index (χ0v) is 13.0. The molecule has 2 rings (SSSR count). The maximum Gasteiger partial charge on any atom is 0.254 e. The third-order valence-corrected chi connectivity index (χ3v) is 3.33. The molecular formula is C16H20FN3O2. The number of halogens is 1. The van der Waals surface area contributed by atoms with E-state index >= 15 is 0 Å². The Balaban J connectivity index is 1.95. The van der Waals surface area contributed by atoms with E-state index in [0.717, 1.165) is 0 Å². The minimum absolute atomic E-state index is 0.196. The lowest BCUT2D eigenvalue weighted by Gasteiger charge is -2.18. The molecule has 0 aliphatic heterocycles. The van der Waals surface area contributed by atoms with E-state index in [4.69, 9.17) is 4.74 Å². The fraction of sp³-hybridized carbons (Fsp3) is 0.375.